The lowest BCUT2D eigenvalue weighted by atomic mass is 10.1. The predicted molar refractivity (Wildman–Crippen MR) is 120 cm³/mol. The van der Waals surface area contributed by atoms with E-state index in [1.54, 1.807) is 18.2 Å². The Morgan fingerprint density at radius 3 is 2.12 bits per heavy atom. The first-order valence-corrected chi connectivity index (χ1v) is 9.79. The Hall–Kier alpha value is -3.62. The molecule has 0 radical (unpaired) electrons. The first-order valence-electron chi connectivity index (χ1n) is 9.03. The number of aromatic nitrogens is 1. The molecule has 0 unspecified atom stereocenters. The van der Waals surface area contributed by atoms with Crippen LogP contribution in [0.5, 0.6) is 11.5 Å². The minimum atomic E-state index is -0.734. The molecule has 0 amide bonds. The monoisotopic (exact) mass is 474 g/mol. The van der Waals surface area contributed by atoms with Crippen LogP contribution in [0, 0.1) is 10.1 Å². The summed E-state index contributed by atoms with van der Waals surface area (Å²) in [6.07, 6.45) is 4.31. The van der Waals surface area contributed by atoms with Crippen LogP contribution in [0.15, 0.2) is 54.9 Å². The predicted octanol–water partition coefficient (Wildman–Crippen LogP) is 5.67. The van der Waals surface area contributed by atoms with Crippen molar-refractivity contribution >= 4 is 46.7 Å². The molecule has 0 fully saturated rings. The summed E-state index contributed by atoms with van der Waals surface area (Å²) in [6, 6.07) is 9.98. The standard InChI is InChI=1S/C22H16Cl2N2O6/c1-30-19-8-5-14(9-21(19)31-2)20(10-16-17(23)11-25-12-18(16)24)32-22(27)13-3-6-15(7-4-13)26(28)29/h3-12H,1-2H3. The topological polar surface area (TPSA) is 101 Å². The normalized spacial score (nSPS) is 11.1. The number of hydrogen-bond donors (Lipinski definition) is 0. The number of pyridine rings is 1. The van der Waals surface area contributed by atoms with E-state index in [0.29, 0.717) is 22.6 Å². The van der Waals surface area contributed by atoms with E-state index >= 15 is 0 Å². The van der Waals surface area contributed by atoms with Gasteiger partial charge >= 0.3 is 5.97 Å². The number of halogens is 2. The molecule has 0 saturated carbocycles. The largest absolute Gasteiger partial charge is 0.493 e. The number of rotatable bonds is 7. The van der Waals surface area contributed by atoms with Gasteiger partial charge in [0.25, 0.3) is 5.69 Å². The van der Waals surface area contributed by atoms with Crippen molar-refractivity contribution in [2.45, 2.75) is 0 Å². The highest BCUT2D eigenvalue weighted by Crippen LogP contribution is 2.34. The lowest BCUT2D eigenvalue weighted by Gasteiger charge is -2.13. The Morgan fingerprint density at radius 2 is 1.56 bits per heavy atom. The number of esters is 1. The number of methoxy groups -OCH3 is 2. The fourth-order valence-electron chi connectivity index (χ4n) is 2.73. The lowest BCUT2D eigenvalue weighted by molar-refractivity contribution is -0.384. The van der Waals surface area contributed by atoms with E-state index in [4.69, 9.17) is 37.4 Å². The van der Waals surface area contributed by atoms with Gasteiger partial charge in [0.1, 0.15) is 5.76 Å². The van der Waals surface area contributed by atoms with Gasteiger partial charge in [0, 0.05) is 35.7 Å². The molecule has 3 rings (SSSR count). The fraction of sp³-hybridized carbons (Fsp3) is 0.0909. The molecule has 0 saturated heterocycles. The number of nitro groups is 1. The van der Waals surface area contributed by atoms with E-state index in [1.165, 1.54) is 57.0 Å². The Bertz CT molecular complexity index is 1180. The van der Waals surface area contributed by atoms with Gasteiger partial charge in [0.2, 0.25) is 0 Å². The number of carbonyl (C=O) groups is 1. The summed E-state index contributed by atoms with van der Waals surface area (Å²) in [6.45, 7) is 0. The Kier molecular flexibility index (Phi) is 7.29. The van der Waals surface area contributed by atoms with Gasteiger partial charge in [0.05, 0.1) is 34.8 Å². The van der Waals surface area contributed by atoms with Crippen LogP contribution in [-0.4, -0.2) is 30.1 Å². The summed E-state index contributed by atoms with van der Waals surface area (Å²) in [4.78, 5) is 27.0. The van der Waals surface area contributed by atoms with Gasteiger partial charge in [-0.05, 0) is 36.4 Å². The molecular formula is C22H16Cl2N2O6. The van der Waals surface area contributed by atoms with Gasteiger partial charge in [0.15, 0.2) is 11.5 Å². The summed E-state index contributed by atoms with van der Waals surface area (Å²) in [5.74, 6) is 0.276. The molecule has 0 bridgehead atoms. The number of ether oxygens (including phenoxy) is 3. The zero-order valence-corrected chi connectivity index (χ0v) is 18.4. The first kappa shape index (κ1) is 23.1. The van der Waals surface area contributed by atoms with Crippen molar-refractivity contribution in [3.63, 3.8) is 0 Å². The van der Waals surface area contributed by atoms with Crippen molar-refractivity contribution in [1.29, 1.82) is 0 Å². The average Bonchev–Trinajstić information content (AvgIpc) is 2.80. The van der Waals surface area contributed by atoms with Crippen LogP contribution < -0.4 is 9.47 Å². The Balaban J connectivity index is 2.05. The highest BCUT2D eigenvalue weighted by molar-refractivity contribution is 6.37. The highest BCUT2D eigenvalue weighted by Gasteiger charge is 2.17. The molecule has 0 aliphatic heterocycles. The van der Waals surface area contributed by atoms with Crippen LogP contribution in [0.1, 0.15) is 21.5 Å². The molecule has 0 atom stereocenters. The Morgan fingerprint density at radius 1 is 0.969 bits per heavy atom. The van der Waals surface area contributed by atoms with E-state index in [2.05, 4.69) is 4.98 Å². The number of hydrogen-bond acceptors (Lipinski definition) is 7. The smallest absolute Gasteiger partial charge is 0.343 e. The van der Waals surface area contributed by atoms with Crippen LogP contribution in [0.2, 0.25) is 10.0 Å². The van der Waals surface area contributed by atoms with Crippen molar-refractivity contribution in [2.75, 3.05) is 14.2 Å². The van der Waals surface area contributed by atoms with Gasteiger partial charge in [-0.3, -0.25) is 15.1 Å². The van der Waals surface area contributed by atoms with Crippen LogP contribution in [0.25, 0.3) is 11.8 Å². The quantitative estimate of drug-likeness (QED) is 0.188. The second-order valence-corrected chi connectivity index (χ2v) is 7.10. The van der Waals surface area contributed by atoms with Crippen LogP contribution in [0.4, 0.5) is 5.69 Å². The van der Waals surface area contributed by atoms with Gasteiger partial charge in [-0.2, -0.15) is 0 Å². The van der Waals surface area contributed by atoms with E-state index in [-0.39, 0.29) is 27.1 Å². The van der Waals surface area contributed by atoms with Crippen molar-refractivity contribution < 1.29 is 23.9 Å². The van der Waals surface area contributed by atoms with Crippen molar-refractivity contribution in [3.8, 4) is 11.5 Å². The zero-order chi connectivity index (χ0) is 23.3. The third-order valence-electron chi connectivity index (χ3n) is 4.35. The maximum atomic E-state index is 12.8. The highest BCUT2D eigenvalue weighted by atomic mass is 35.5. The summed E-state index contributed by atoms with van der Waals surface area (Å²) >= 11 is 12.5. The number of benzene rings is 2. The van der Waals surface area contributed by atoms with Gasteiger partial charge in [-0.1, -0.05) is 23.2 Å². The maximum absolute atomic E-state index is 12.8. The fourth-order valence-corrected chi connectivity index (χ4v) is 3.20. The third kappa shape index (κ3) is 5.16. The van der Waals surface area contributed by atoms with Crippen LogP contribution in [0.3, 0.4) is 0 Å². The molecular weight excluding hydrogens is 459 g/mol. The Labute approximate surface area is 193 Å². The maximum Gasteiger partial charge on any atom is 0.343 e. The molecule has 3 aromatic rings. The van der Waals surface area contributed by atoms with Gasteiger partial charge in [-0.15, -0.1) is 0 Å². The molecule has 32 heavy (non-hydrogen) atoms. The number of carbonyl (C=O) groups excluding carboxylic acids is 1. The molecule has 0 aliphatic carbocycles. The summed E-state index contributed by atoms with van der Waals surface area (Å²) in [5, 5.41) is 11.4. The van der Waals surface area contributed by atoms with E-state index in [0.717, 1.165) is 0 Å². The number of nitrogens with zero attached hydrogens (tertiary/aromatic N) is 2. The van der Waals surface area contributed by atoms with Crippen LogP contribution >= 0.6 is 23.2 Å². The molecule has 0 spiro atoms. The molecule has 10 heteroatoms. The first-order chi connectivity index (χ1) is 15.3. The summed E-state index contributed by atoms with van der Waals surface area (Å²) in [7, 11) is 2.98. The molecule has 1 heterocycles. The number of non-ortho nitro benzene ring substituents is 1. The van der Waals surface area contributed by atoms with E-state index < -0.39 is 10.9 Å². The molecule has 0 aliphatic rings. The average molecular weight is 475 g/mol. The zero-order valence-electron chi connectivity index (χ0n) is 16.9. The van der Waals surface area contributed by atoms with Crippen LogP contribution in [-0.2, 0) is 4.74 Å². The van der Waals surface area contributed by atoms with Crippen molar-refractivity contribution in [2.24, 2.45) is 0 Å². The number of nitro benzene ring substituents is 1. The second kappa shape index (κ2) is 10.1. The molecule has 0 N–H and O–H groups in total. The van der Waals surface area contributed by atoms with Gasteiger partial charge in [-0.25, -0.2) is 4.79 Å². The minimum Gasteiger partial charge on any atom is -0.493 e. The molecule has 8 nitrogen and oxygen atoms in total. The second-order valence-electron chi connectivity index (χ2n) is 6.29. The van der Waals surface area contributed by atoms with Crippen molar-refractivity contribution in [1.82, 2.24) is 4.98 Å². The SMILES string of the molecule is COc1ccc(C(=Cc2c(Cl)cncc2Cl)OC(=O)c2ccc([N+](=O)[O-])cc2)cc1OC. The minimum absolute atomic E-state index is 0.115. The summed E-state index contributed by atoms with van der Waals surface area (Å²) in [5.41, 5.74) is 0.841. The van der Waals surface area contributed by atoms with E-state index in [1.807, 2.05) is 0 Å². The lowest BCUT2D eigenvalue weighted by Crippen LogP contribution is -2.05. The summed E-state index contributed by atoms with van der Waals surface area (Å²) < 4.78 is 16.2. The van der Waals surface area contributed by atoms with Gasteiger partial charge < -0.3 is 14.2 Å². The third-order valence-corrected chi connectivity index (χ3v) is 4.95. The molecule has 2 aromatic carbocycles. The van der Waals surface area contributed by atoms with E-state index in [9.17, 15) is 14.9 Å². The molecule has 1 aromatic heterocycles. The van der Waals surface area contributed by atoms with Crippen molar-refractivity contribution in [3.05, 3.63) is 91.7 Å². The molecule has 164 valence electrons.